The van der Waals surface area contributed by atoms with Crippen LogP contribution in [-0.2, 0) is 9.84 Å². The number of nitrogens with two attached hydrogens (primary N) is 1. The monoisotopic (exact) mass is 301 g/mol. The molecule has 16 heavy (non-hydrogen) atoms. The molecule has 0 spiro atoms. The molecule has 1 aliphatic rings. The summed E-state index contributed by atoms with van der Waals surface area (Å²) in [5.41, 5.74) is 6.68. The van der Waals surface area contributed by atoms with E-state index in [-0.39, 0.29) is 0 Å². The summed E-state index contributed by atoms with van der Waals surface area (Å²) in [5, 5.41) is 1.27. The molecule has 0 unspecified atom stereocenters. The Morgan fingerprint density at radius 2 is 1.94 bits per heavy atom. The summed E-state index contributed by atoms with van der Waals surface area (Å²) in [5.74, 6) is 0. The number of sulfone groups is 1. The third kappa shape index (κ3) is 1.83. The van der Waals surface area contributed by atoms with Crippen LogP contribution in [0.1, 0.15) is 19.4 Å². The van der Waals surface area contributed by atoms with E-state index >= 15 is 0 Å². The van der Waals surface area contributed by atoms with Crippen molar-refractivity contribution in [3.8, 4) is 0 Å². The van der Waals surface area contributed by atoms with Crippen LogP contribution in [0.15, 0.2) is 33.0 Å². The molecule has 0 saturated heterocycles. The molecule has 0 aromatic heterocycles. The Balaban J connectivity index is 2.75. The third-order valence-corrected chi connectivity index (χ3v) is 4.50. The smallest absolute Gasteiger partial charge is 0.200 e. The first-order valence-electron chi connectivity index (χ1n) is 4.78. The number of halogens is 1. The Labute approximate surface area is 103 Å². The molecule has 1 heterocycles. The van der Waals surface area contributed by atoms with E-state index in [0.29, 0.717) is 16.0 Å². The molecule has 5 heteroatoms. The molecule has 2 rings (SSSR count). The molecule has 1 aromatic rings. The summed E-state index contributed by atoms with van der Waals surface area (Å²) in [4.78, 5) is 0.329. The number of rotatable bonds is 1. The van der Waals surface area contributed by atoms with Gasteiger partial charge in [-0.1, -0.05) is 22.0 Å². The Bertz CT molecular complexity index is 582. The van der Waals surface area contributed by atoms with Crippen molar-refractivity contribution in [2.75, 3.05) is 0 Å². The van der Waals surface area contributed by atoms with Gasteiger partial charge in [-0.05, 0) is 37.1 Å². The highest BCUT2D eigenvalue weighted by Crippen LogP contribution is 2.39. The first-order valence-corrected chi connectivity index (χ1v) is 7.12. The fourth-order valence-electron chi connectivity index (χ4n) is 1.74. The predicted molar refractivity (Wildman–Crippen MR) is 67.6 cm³/mol. The van der Waals surface area contributed by atoms with Crippen LogP contribution in [0.4, 0.5) is 0 Å². The molecule has 0 radical (unpaired) electrons. The van der Waals surface area contributed by atoms with Crippen molar-refractivity contribution in [2.24, 2.45) is 5.73 Å². The zero-order chi connectivity index (χ0) is 12.1. The first-order chi connectivity index (χ1) is 7.22. The van der Waals surface area contributed by atoms with E-state index < -0.39 is 15.4 Å². The van der Waals surface area contributed by atoms with Crippen molar-refractivity contribution in [1.29, 1.82) is 0 Å². The van der Waals surface area contributed by atoms with Crippen LogP contribution in [0.3, 0.4) is 0 Å². The third-order valence-electron chi connectivity index (χ3n) is 2.51. The van der Waals surface area contributed by atoms with Gasteiger partial charge in [0.15, 0.2) is 0 Å². The van der Waals surface area contributed by atoms with Gasteiger partial charge in [-0.3, -0.25) is 0 Å². The fourth-order valence-corrected chi connectivity index (χ4v) is 3.89. The van der Waals surface area contributed by atoms with Crippen LogP contribution in [-0.4, -0.2) is 14.0 Å². The van der Waals surface area contributed by atoms with Gasteiger partial charge in [-0.25, -0.2) is 8.42 Å². The van der Waals surface area contributed by atoms with Crippen LogP contribution < -0.4 is 5.73 Å². The second-order valence-corrected chi connectivity index (χ2v) is 7.12. The van der Waals surface area contributed by atoms with E-state index in [1.54, 1.807) is 26.0 Å². The van der Waals surface area contributed by atoms with Gasteiger partial charge in [-0.15, -0.1) is 0 Å². The van der Waals surface area contributed by atoms with E-state index in [0.717, 1.165) is 4.47 Å². The fraction of sp³-hybridized carbons (Fsp3) is 0.273. The summed E-state index contributed by atoms with van der Waals surface area (Å²) < 4.78 is 24.6. The summed E-state index contributed by atoms with van der Waals surface area (Å²) in [6.07, 6.45) is 0. The largest absolute Gasteiger partial charge is 0.322 e. The molecule has 0 amide bonds. The van der Waals surface area contributed by atoms with Crippen molar-refractivity contribution < 1.29 is 8.42 Å². The Morgan fingerprint density at radius 3 is 2.50 bits per heavy atom. The van der Waals surface area contributed by atoms with Gasteiger partial charge in [-0.2, -0.15) is 0 Å². The minimum absolute atomic E-state index is 0.329. The Morgan fingerprint density at radius 1 is 1.31 bits per heavy atom. The van der Waals surface area contributed by atoms with Gasteiger partial charge >= 0.3 is 0 Å². The molecule has 2 N–H and O–H groups in total. The lowest BCUT2D eigenvalue weighted by atomic mass is 9.91. The molecular formula is C11H12BrNO2S. The van der Waals surface area contributed by atoms with Gasteiger partial charge in [0.25, 0.3) is 0 Å². The molecule has 0 aliphatic carbocycles. The van der Waals surface area contributed by atoms with Crippen LogP contribution in [0, 0.1) is 0 Å². The maximum atomic E-state index is 11.9. The number of hydrogen-bond acceptors (Lipinski definition) is 3. The van der Waals surface area contributed by atoms with E-state index in [2.05, 4.69) is 15.9 Å². The molecular weight excluding hydrogens is 290 g/mol. The van der Waals surface area contributed by atoms with Crippen molar-refractivity contribution in [2.45, 2.75) is 24.3 Å². The summed E-state index contributed by atoms with van der Waals surface area (Å²) in [7, 11) is -3.33. The molecule has 0 atom stereocenters. The first kappa shape index (κ1) is 11.8. The molecule has 1 aromatic carbocycles. The van der Waals surface area contributed by atoms with Crippen LogP contribution in [0.25, 0.3) is 5.57 Å². The van der Waals surface area contributed by atoms with E-state index in [9.17, 15) is 8.42 Å². The van der Waals surface area contributed by atoms with E-state index in [1.807, 2.05) is 6.07 Å². The normalized spacial score (nSPS) is 18.1. The molecule has 0 fully saturated rings. The second-order valence-electron chi connectivity index (χ2n) is 4.44. The van der Waals surface area contributed by atoms with Crippen molar-refractivity contribution in [3.05, 3.63) is 33.6 Å². The molecule has 86 valence electrons. The van der Waals surface area contributed by atoms with Crippen LogP contribution in [0.5, 0.6) is 0 Å². The maximum absolute atomic E-state index is 11.9. The second kappa shape index (κ2) is 3.42. The van der Waals surface area contributed by atoms with Gasteiger partial charge < -0.3 is 5.73 Å². The Kier molecular flexibility index (Phi) is 2.53. The molecule has 1 aliphatic heterocycles. The van der Waals surface area contributed by atoms with Crippen LogP contribution >= 0.6 is 15.9 Å². The van der Waals surface area contributed by atoms with Crippen molar-refractivity contribution in [1.82, 2.24) is 0 Å². The Hall–Kier alpha value is -0.650. The average Bonchev–Trinajstić information content (AvgIpc) is 2.38. The highest BCUT2D eigenvalue weighted by molar-refractivity contribution is 9.10. The van der Waals surface area contributed by atoms with E-state index in [4.69, 9.17) is 5.73 Å². The zero-order valence-electron chi connectivity index (χ0n) is 8.99. The van der Waals surface area contributed by atoms with Crippen molar-refractivity contribution in [3.63, 3.8) is 0 Å². The van der Waals surface area contributed by atoms with Gasteiger partial charge in [0.2, 0.25) is 9.84 Å². The molecule has 0 saturated carbocycles. The van der Waals surface area contributed by atoms with Gasteiger partial charge in [0.1, 0.15) is 0 Å². The van der Waals surface area contributed by atoms with Gasteiger partial charge in [0, 0.05) is 15.4 Å². The molecule has 3 nitrogen and oxygen atoms in total. The van der Waals surface area contributed by atoms with Crippen LogP contribution in [0.2, 0.25) is 0 Å². The van der Waals surface area contributed by atoms with Crippen molar-refractivity contribution >= 4 is 31.3 Å². The summed E-state index contributed by atoms with van der Waals surface area (Å²) in [6, 6.07) is 5.21. The number of fused-ring (bicyclic) bond motifs is 1. The SMILES string of the molecule is CC(C)(N)C1=CS(=O)(=O)c2cc(Br)ccc21. The highest BCUT2D eigenvalue weighted by Gasteiger charge is 2.33. The average molecular weight is 302 g/mol. The quantitative estimate of drug-likeness (QED) is 0.866. The predicted octanol–water partition coefficient (Wildman–Crippen LogP) is 2.31. The maximum Gasteiger partial charge on any atom is 0.200 e. The minimum Gasteiger partial charge on any atom is -0.322 e. The number of hydrogen-bond donors (Lipinski definition) is 1. The zero-order valence-corrected chi connectivity index (χ0v) is 11.4. The lowest BCUT2D eigenvalue weighted by Crippen LogP contribution is -2.32. The summed E-state index contributed by atoms with van der Waals surface area (Å²) in [6.45, 7) is 3.59. The van der Waals surface area contributed by atoms with E-state index in [1.165, 1.54) is 5.41 Å². The minimum atomic E-state index is -3.33. The standard InChI is InChI=1S/C11H12BrNO2S/c1-11(2,13)9-6-16(14,15)10-5-7(12)3-4-8(9)10/h3-6H,13H2,1-2H3. The van der Waals surface area contributed by atoms with Gasteiger partial charge in [0.05, 0.1) is 4.90 Å². The lowest BCUT2D eigenvalue weighted by Gasteiger charge is -2.20. The summed E-state index contributed by atoms with van der Waals surface area (Å²) >= 11 is 3.27. The highest BCUT2D eigenvalue weighted by atomic mass is 79.9. The molecule has 0 bridgehead atoms. The lowest BCUT2D eigenvalue weighted by molar-refractivity contribution is 0.605. The number of benzene rings is 1. The topological polar surface area (TPSA) is 60.2 Å².